The van der Waals surface area contributed by atoms with Gasteiger partial charge in [-0.15, -0.1) is 0 Å². The van der Waals surface area contributed by atoms with E-state index < -0.39 is 18.3 Å². The highest BCUT2D eigenvalue weighted by Gasteiger charge is 2.48. The third-order valence-electron chi connectivity index (χ3n) is 4.27. The molecule has 2 heterocycles. The Morgan fingerprint density at radius 2 is 2.04 bits per heavy atom. The molecular weight excluding hydrogens is 314 g/mol. The summed E-state index contributed by atoms with van der Waals surface area (Å²) in [5, 5.41) is 3.77. The van der Waals surface area contributed by atoms with Gasteiger partial charge < -0.3 is 18.9 Å². The van der Waals surface area contributed by atoms with Gasteiger partial charge in [0.25, 0.3) is 0 Å². The van der Waals surface area contributed by atoms with Crippen molar-refractivity contribution in [1.29, 1.82) is 0 Å². The van der Waals surface area contributed by atoms with Crippen LogP contribution in [0.25, 0.3) is 10.4 Å². The van der Waals surface area contributed by atoms with Crippen molar-refractivity contribution in [3.8, 4) is 0 Å². The molecule has 8 heteroatoms. The van der Waals surface area contributed by atoms with Crippen molar-refractivity contribution < 1.29 is 23.7 Å². The van der Waals surface area contributed by atoms with Gasteiger partial charge in [0.2, 0.25) is 6.29 Å². The molecule has 4 unspecified atom stereocenters. The molecule has 0 bridgehead atoms. The second-order valence-corrected chi connectivity index (χ2v) is 5.87. The molecule has 0 radical (unpaired) electrons. The van der Waals surface area contributed by atoms with E-state index in [0.29, 0.717) is 12.2 Å². The minimum absolute atomic E-state index is 0.181. The average Bonchev–Trinajstić information content (AvgIpc) is 2.60. The Morgan fingerprint density at radius 1 is 1.29 bits per heavy atom. The summed E-state index contributed by atoms with van der Waals surface area (Å²) in [6.07, 6.45) is -2.00. The molecule has 1 aromatic carbocycles. The van der Waals surface area contributed by atoms with Crippen LogP contribution in [-0.4, -0.2) is 43.4 Å². The molecule has 2 aliphatic heterocycles. The SMILES string of the molecule is CC1OCC2OC(OC(=O)c3ccccc3)[C@H](N=[N+]=[N-])[C@@H](C)C2O1. The van der Waals surface area contributed by atoms with Crippen LogP contribution in [0.1, 0.15) is 24.2 Å². The zero-order valence-corrected chi connectivity index (χ0v) is 13.4. The molecule has 0 N–H and O–H groups in total. The first-order chi connectivity index (χ1) is 11.6. The van der Waals surface area contributed by atoms with Crippen LogP contribution in [0, 0.1) is 5.92 Å². The van der Waals surface area contributed by atoms with E-state index in [4.69, 9.17) is 24.5 Å². The number of rotatable bonds is 3. The first kappa shape index (κ1) is 16.7. The smallest absolute Gasteiger partial charge is 0.340 e. The van der Waals surface area contributed by atoms with Crippen molar-refractivity contribution in [3.05, 3.63) is 46.3 Å². The molecule has 0 spiro atoms. The van der Waals surface area contributed by atoms with Crippen LogP contribution in [-0.2, 0) is 18.9 Å². The molecule has 8 nitrogen and oxygen atoms in total. The van der Waals surface area contributed by atoms with E-state index in [0.717, 1.165) is 0 Å². The molecule has 1 aromatic rings. The van der Waals surface area contributed by atoms with Crippen molar-refractivity contribution >= 4 is 5.97 Å². The number of nitrogens with zero attached hydrogens (tertiary/aromatic N) is 3. The Hall–Kier alpha value is -2.12. The zero-order valence-electron chi connectivity index (χ0n) is 13.4. The Kier molecular flexibility index (Phi) is 5.01. The van der Waals surface area contributed by atoms with Gasteiger partial charge in [0, 0.05) is 4.91 Å². The highest BCUT2D eigenvalue weighted by atomic mass is 16.7. The predicted octanol–water partition coefficient (Wildman–Crippen LogP) is 2.64. The zero-order chi connectivity index (χ0) is 17.1. The Bertz CT molecular complexity index is 634. The molecular formula is C16H19N3O5. The van der Waals surface area contributed by atoms with E-state index in [9.17, 15) is 4.79 Å². The average molecular weight is 333 g/mol. The monoisotopic (exact) mass is 333 g/mol. The molecule has 2 saturated heterocycles. The molecule has 0 amide bonds. The summed E-state index contributed by atoms with van der Waals surface area (Å²) in [6.45, 7) is 4.02. The van der Waals surface area contributed by atoms with E-state index in [1.165, 1.54) is 0 Å². The molecule has 2 aliphatic rings. The van der Waals surface area contributed by atoms with Crippen molar-refractivity contribution in [1.82, 2.24) is 0 Å². The molecule has 0 saturated carbocycles. The molecule has 2 fully saturated rings. The summed E-state index contributed by atoms with van der Waals surface area (Å²) in [5.74, 6) is -0.713. The van der Waals surface area contributed by atoms with Crippen molar-refractivity contribution in [2.75, 3.05) is 6.61 Å². The highest BCUT2D eigenvalue weighted by Crippen LogP contribution is 2.34. The fourth-order valence-electron chi connectivity index (χ4n) is 3.01. The first-order valence-corrected chi connectivity index (χ1v) is 7.83. The number of carbonyl (C=O) groups excluding carboxylic acids is 1. The van der Waals surface area contributed by atoms with E-state index >= 15 is 0 Å². The Morgan fingerprint density at radius 3 is 2.75 bits per heavy atom. The van der Waals surface area contributed by atoms with Gasteiger partial charge in [-0.1, -0.05) is 30.2 Å². The number of fused-ring (bicyclic) bond motifs is 1. The lowest BCUT2D eigenvalue weighted by Crippen LogP contribution is -2.59. The fourth-order valence-corrected chi connectivity index (χ4v) is 3.01. The minimum Gasteiger partial charge on any atom is -0.432 e. The van der Waals surface area contributed by atoms with E-state index in [1.54, 1.807) is 37.3 Å². The third kappa shape index (κ3) is 3.37. The van der Waals surface area contributed by atoms with Gasteiger partial charge in [0.1, 0.15) is 12.1 Å². The Balaban J connectivity index is 1.78. The topological polar surface area (TPSA) is 103 Å². The largest absolute Gasteiger partial charge is 0.432 e. The van der Waals surface area contributed by atoms with Crippen molar-refractivity contribution in [2.45, 2.75) is 44.7 Å². The van der Waals surface area contributed by atoms with Crippen LogP contribution in [0.4, 0.5) is 0 Å². The number of hydrogen-bond acceptors (Lipinski definition) is 6. The maximum absolute atomic E-state index is 12.3. The van der Waals surface area contributed by atoms with Gasteiger partial charge in [0.15, 0.2) is 6.29 Å². The summed E-state index contributed by atoms with van der Waals surface area (Å²) >= 11 is 0. The van der Waals surface area contributed by atoms with Crippen LogP contribution in [0.3, 0.4) is 0 Å². The minimum atomic E-state index is -0.981. The van der Waals surface area contributed by atoms with Gasteiger partial charge in [-0.25, -0.2) is 4.79 Å². The second-order valence-electron chi connectivity index (χ2n) is 5.87. The van der Waals surface area contributed by atoms with Crippen LogP contribution in [0.2, 0.25) is 0 Å². The standard InChI is InChI=1S/C16H19N3O5/c1-9-13(18-19-17)16(23-12-8-21-10(2)22-14(9)12)24-15(20)11-6-4-3-5-7-11/h3-7,9-10,12-14,16H,8H2,1-2H3/t9-,10?,12?,13-,14?,16?/m1/s1. The van der Waals surface area contributed by atoms with Crippen LogP contribution in [0.15, 0.2) is 35.4 Å². The van der Waals surface area contributed by atoms with Gasteiger partial charge in [-0.2, -0.15) is 0 Å². The highest BCUT2D eigenvalue weighted by molar-refractivity contribution is 5.89. The van der Waals surface area contributed by atoms with Crippen LogP contribution < -0.4 is 0 Å². The summed E-state index contributed by atoms with van der Waals surface area (Å²) < 4.78 is 22.4. The molecule has 0 aliphatic carbocycles. The van der Waals surface area contributed by atoms with Gasteiger partial charge in [0.05, 0.1) is 18.3 Å². The predicted molar refractivity (Wildman–Crippen MR) is 82.9 cm³/mol. The molecule has 128 valence electrons. The maximum Gasteiger partial charge on any atom is 0.340 e. The van der Waals surface area contributed by atoms with Crippen molar-refractivity contribution in [2.24, 2.45) is 11.0 Å². The fraction of sp³-hybridized carbons (Fsp3) is 0.562. The lowest BCUT2D eigenvalue weighted by atomic mass is 9.88. The van der Waals surface area contributed by atoms with Gasteiger partial charge in [-0.05, 0) is 30.5 Å². The molecule has 3 rings (SSSR count). The van der Waals surface area contributed by atoms with Crippen LogP contribution >= 0.6 is 0 Å². The summed E-state index contributed by atoms with van der Waals surface area (Å²) in [4.78, 5) is 15.1. The second kappa shape index (κ2) is 7.19. The maximum atomic E-state index is 12.3. The lowest BCUT2D eigenvalue weighted by Gasteiger charge is -2.46. The number of hydrogen-bond donors (Lipinski definition) is 0. The summed E-state index contributed by atoms with van der Waals surface area (Å²) in [7, 11) is 0. The van der Waals surface area contributed by atoms with Crippen LogP contribution in [0.5, 0.6) is 0 Å². The number of benzene rings is 1. The summed E-state index contributed by atoms with van der Waals surface area (Å²) in [5.41, 5.74) is 9.25. The molecule has 0 aromatic heterocycles. The van der Waals surface area contributed by atoms with Gasteiger partial charge >= 0.3 is 5.97 Å². The third-order valence-corrected chi connectivity index (χ3v) is 4.27. The number of esters is 1. The van der Waals surface area contributed by atoms with E-state index in [1.807, 2.05) is 6.92 Å². The van der Waals surface area contributed by atoms with E-state index in [2.05, 4.69) is 10.0 Å². The quantitative estimate of drug-likeness (QED) is 0.366. The summed E-state index contributed by atoms with van der Waals surface area (Å²) in [6, 6.07) is 7.91. The number of ether oxygens (including phenoxy) is 4. The lowest BCUT2D eigenvalue weighted by molar-refractivity contribution is -0.318. The first-order valence-electron chi connectivity index (χ1n) is 7.83. The van der Waals surface area contributed by atoms with Gasteiger partial charge in [-0.3, -0.25) is 0 Å². The number of carbonyl (C=O) groups is 1. The molecule has 24 heavy (non-hydrogen) atoms. The van der Waals surface area contributed by atoms with Crippen molar-refractivity contribution in [3.63, 3.8) is 0 Å². The number of azide groups is 1. The van der Waals surface area contributed by atoms with E-state index in [-0.39, 0.29) is 24.4 Å². The molecule has 6 atom stereocenters. The normalized spacial score (nSPS) is 35.4. The Labute approximate surface area is 139 Å².